The highest BCUT2D eigenvalue weighted by Gasteiger charge is 2.49. The molecule has 1 amide bonds. The Kier molecular flexibility index (Phi) is 6.72. The molecule has 208 valence electrons. The number of amides is 1. The van der Waals surface area contributed by atoms with Crippen LogP contribution in [-0.2, 0) is 11.0 Å². The number of nitrogens with zero attached hydrogens (tertiary/aromatic N) is 4. The van der Waals surface area contributed by atoms with Gasteiger partial charge in [0, 0.05) is 35.6 Å². The van der Waals surface area contributed by atoms with E-state index in [9.17, 15) is 27.9 Å². The van der Waals surface area contributed by atoms with Crippen molar-refractivity contribution >= 4 is 29.0 Å². The number of alkyl halides is 3. The molecular weight excluding hydrogens is 525 g/mol. The molecule has 40 heavy (non-hydrogen) atoms. The van der Waals surface area contributed by atoms with E-state index in [-0.39, 0.29) is 29.0 Å². The first-order valence-electron chi connectivity index (χ1n) is 12.7. The molecule has 5 rings (SSSR count). The van der Waals surface area contributed by atoms with Gasteiger partial charge >= 0.3 is 12.1 Å². The number of halogens is 3. The van der Waals surface area contributed by atoms with Gasteiger partial charge in [0.05, 0.1) is 11.0 Å². The summed E-state index contributed by atoms with van der Waals surface area (Å²) in [5.41, 5.74) is 6.44. The average molecular weight is 553 g/mol. The van der Waals surface area contributed by atoms with Gasteiger partial charge in [-0.05, 0) is 49.4 Å². The summed E-state index contributed by atoms with van der Waals surface area (Å²) in [5, 5.41) is 12.4. The summed E-state index contributed by atoms with van der Waals surface area (Å²) >= 11 is 0. The van der Waals surface area contributed by atoms with Crippen LogP contribution in [0.2, 0.25) is 0 Å². The number of anilines is 2. The number of nitrogens with one attached hydrogen (secondary N) is 1. The molecule has 1 aliphatic rings. The number of rotatable bonds is 6. The second-order valence-corrected chi connectivity index (χ2v) is 10.4. The summed E-state index contributed by atoms with van der Waals surface area (Å²) in [6, 6.07) is 7.97. The molecule has 9 nitrogen and oxygen atoms in total. The van der Waals surface area contributed by atoms with Crippen LogP contribution in [0.15, 0.2) is 55.0 Å². The normalized spacial score (nSPS) is 19.3. The van der Waals surface area contributed by atoms with Crippen LogP contribution in [0.5, 0.6) is 0 Å². The molecule has 3 aromatic heterocycles. The van der Waals surface area contributed by atoms with E-state index >= 15 is 0 Å². The Morgan fingerprint density at radius 1 is 1.15 bits per heavy atom. The number of hydrogen-bond acceptors (Lipinski definition) is 6. The molecule has 0 aliphatic heterocycles. The smallest absolute Gasteiger partial charge is 0.416 e. The number of fused-ring (bicyclic) bond motifs is 1. The zero-order valence-electron chi connectivity index (χ0n) is 21.7. The highest BCUT2D eigenvalue weighted by molar-refractivity contribution is 6.04. The van der Waals surface area contributed by atoms with E-state index in [2.05, 4.69) is 15.3 Å². The molecular formula is C28H27F3N6O3. The second-order valence-electron chi connectivity index (χ2n) is 10.4. The number of aliphatic carboxylic acids is 1. The number of carbonyl (C=O) groups is 2. The van der Waals surface area contributed by atoms with Crippen LogP contribution >= 0.6 is 0 Å². The van der Waals surface area contributed by atoms with Gasteiger partial charge in [0.15, 0.2) is 0 Å². The minimum atomic E-state index is -4.56. The third-order valence-corrected chi connectivity index (χ3v) is 7.81. The molecule has 2 atom stereocenters. The predicted octanol–water partition coefficient (Wildman–Crippen LogP) is 5.64. The zero-order valence-corrected chi connectivity index (χ0v) is 21.7. The Balaban J connectivity index is 1.45. The highest BCUT2D eigenvalue weighted by atomic mass is 19.4. The molecule has 0 bridgehead atoms. The van der Waals surface area contributed by atoms with Gasteiger partial charge in [0.1, 0.15) is 28.7 Å². The molecule has 1 fully saturated rings. The summed E-state index contributed by atoms with van der Waals surface area (Å²) in [6.07, 6.45) is 1.38. The quantitative estimate of drug-likeness (QED) is 0.282. The second kappa shape index (κ2) is 9.92. The van der Waals surface area contributed by atoms with Crippen molar-refractivity contribution in [1.29, 1.82) is 0 Å². The topological polar surface area (TPSA) is 135 Å². The Labute approximate surface area is 227 Å². The summed E-state index contributed by atoms with van der Waals surface area (Å²) in [6.45, 7) is 3.85. The minimum Gasteiger partial charge on any atom is -0.481 e. The molecule has 0 spiro atoms. The fraction of sp³-hybridized carbons (Fsp3) is 0.321. The largest absolute Gasteiger partial charge is 0.481 e. The van der Waals surface area contributed by atoms with Crippen molar-refractivity contribution in [2.45, 2.75) is 45.2 Å². The molecule has 4 N–H and O–H groups in total. The number of carbonyl (C=O) groups excluding carboxylic acids is 1. The van der Waals surface area contributed by atoms with E-state index in [1.54, 1.807) is 24.5 Å². The summed E-state index contributed by atoms with van der Waals surface area (Å²) in [7, 11) is 0. The highest BCUT2D eigenvalue weighted by Crippen LogP contribution is 2.51. The van der Waals surface area contributed by atoms with Gasteiger partial charge in [-0.3, -0.25) is 14.0 Å². The SMILES string of the molecule is CC(C)[C@]1(C(=O)O)CC[C@@H](c2nc(-c3ccc(C(=O)Nc4cc(C(F)(F)F)ccn4)cc3)c3c(N)nccn23)C1. The van der Waals surface area contributed by atoms with E-state index in [1.807, 2.05) is 18.2 Å². The molecule has 3 heterocycles. The van der Waals surface area contributed by atoms with Gasteiger partial charge < -0.3 is 16.2 Å². The maximum atomic E-state index is 13.0. The Morgan fingerprint density at radius 3 is 2.50 bits per heavy atom. The first-order valence-corrected chi connectivity index (χ1v) is 12.7. The number of carboxylic acids is 1. The molecule has 12 heteroatoms. The summed E-state index contributed by atoms with van der Waals surface area (Å²) in [5.74, 6) is -0.854. The number of nitrogen functional groups attached to an aromatic ring is 1. The van der Waals surface area contributed by atoms with Crippen molar-refractivity contribution in [3.8, 4) is 11.3 Å². The lowest BCUT2D eigenvalue weighted by Gasteiger charge is -2.28. The Bertz CT molecular complexity index is 1600. The van der Waals surface area contributed by atoms with Gasteiger partial charge in [-0.1, -0.05) is 26.0 Å². The monoisotopic (exact) mass is 552 g/mol. The lowest BCUT2D eigenvalue weighted by Crippen LogP contribution is -2.33. The maximum Gasteiger partial charge on any atom is 0.416 e. The van der Waals surface area contributed by atoms with Gasteiger partial charge in [0.25, 0.3) is 5.91 Å². The number of pyridine rings is 1. The van der Waals surface area contributed by atoms with Crippen LogP contribution < -0.4 is 11.1 Å². The molecule has 0 radical (unpaired) electrons. The number of imidazole rings is 1. The first kappa shape index (κ1) is 27.1. The van der Waals surface area contributed by atoms with E-state index < -0.39 is 29.0 Å². The van der Waals surface area contributed by atoms with Crippen LogP contribution in [0.25, 0.3) is 16.8 Å². The average Bonchev–Trinajstić information content (AvgIpc) is 3.53. The van der Waals surface area contributed by atoms with Gasteiger partial charge in [0.2, 0.25) is 0 Å². The first-order chi connectivity index (χ1) is 18.9. The molecule has 0 unspecified atom stereocenters. The molecule has 1 saturated carbocycles. The molecule has 1 aliphatic carbocycles. The zero-order chi connectivity index (χ0) is 28.8. The van der Waals surface area contributed by atoms with Crippen molar-refractivity contribution in [1.82, 2.24) is 19.4 Å². The van der Waals surface area contributed by atoms with Gasteiger partial charge in [-0.2, -0.15) is 13.2 Å². The summed E-state index contributed by atoms with van der Waals surface area (Å²) in [4.78, 5) is 37.8. The Morgan fingerprint density at radius 2 is 1.88 bits per heavy atom. The van der Waals surface area contributed by atoms with Crippen molar-refractivity contribution in [2.24, 2.45) is 11.3 Å². The Hall–Kier alpha value is -4.48. The molecule has 0 saturated heterocycles. The standard InChI is InChI=1S/C28H27F3N6O3/c1-15(2)27(26(39)40)9-7-18(14-27)24-36-21(22-23(32)34-11-12-37(22)24)16-3-5-17(6-4-16)25(38)35-20-13-19(8-10-33-20)28(29,30)31/h3-6,8,10-13,15,18H,7,9,14H2,1-2H3,(H2,32,34)(H,39,40)(H,33,35,38)/t18-,27+/m1/s1. The third-order valence-electron chi connectivity index (χ3n) is 7.81. The van der Waals surface area contributed by atoms with E-state index in [0.717, 1.165) is 18.3 Å². The van der Waals surface area contributed by atoms with Crippen LogP contribution in [0.1, 0.15) is 60.8 Å². The van der Waals surface area contributed by atoms with Crippen LogP contribution in [0.4, 0.5) is 24.8 Å². The van der Waals surface area contributed by atoms with E-state index in [4.69, 9.17) is 10.7 Å². The minimum absolute atomic E-state index is 0.0442. The van der Waals surface area contributed by atoms with Crippen molar-refractivity contribution < 1.29 is 27.9 Å². The number of hydrogen-bond donors (Lipinski definition) is 3. The maximum absolute atomic E-state index is 13.0. The number of nitrogens with two attached hydrogens (primary N) is 1. The van der Waals surface area contributed by atoms with Crippen LogP contribution in [0, 0.1) is 11.3 Å². The fourth-order valence-electron chi connectivity index (χ4n) is 5.48. The van der Waals surface area contributed by atoms with Crippen molar-refractivity contribution in [3.05, 3.63) is 71.9 Å². The lowest BCUT2D eigenvalue weighted by molar-refractivity contribution is -0.151. The van der Waals surface area contributed by atoms with Gasteiger partial charge in [-0.15, -0.1) is 0 Å². The van der Waals surface area contributed by atoms with Crippen molar-refractivity contribution in [2.75, 3.05) is 11.1 Å². The van der Waals surface area contributed by atoms with E-state index in [1.165, 1.54) is 12.1 Å². The number of benzene rings is 1. The van der Waals surface area contributed by atoms with Gasteiger partial charge in [-0.25, -0.2) is 15.0 Å². The van der Waals surface area contributed by atoms with Crippen molar-refractivity contribution in [3.63, 3.8) is 0 Å². The third kappa shape index (κ3) is 4.74. The number of aromatic nitrogens is 4. The van der Waals surface area contributed by atoms with Crippen LogP contribution in [0.3, 0.4) is 0 Å². The molecule has 1 aromatic carbocycles. The summed E-state index contributed by atoms with van der Waals surface area (Å²) < 4.78 is 40.8. The lowest BCUT2D eigenvalue weighted by atomic mass is 9.75. The number of carboxylic acid groups (broad SMARTS) is 1. The van der Waals surface area contributed by atoms with E-state index in [0.29, 0.717) is 41.9 Å². The molecule has 4 aromatic rings. The fourth-order valence-corrected chi connectivity index (χ4v) is 5.48. The predicted molar refractivity (Wildman–Crippen MR) is 142 cm³/mol. The van der Waals surface area contributed by atoms with Crippen LogP contribution in [-0.4, -0.2) is 36.3 Å².